The van der Waals surface area contributed by atoms with Crippen molar-refractivity contribution in [3.63, 3.8) is 0 Å². The van der Waals surface area contributed by atoms with Crippen molar-refractivity contribution in [3.8, 4) is 0 Å². The van der Waals surface area contributed by atoms with Gasteiger partial charge in [-0.15, -0.1) is 0 Å². The Morgan fingerprint density at radius 2 is 1.63 bits per heavy atom. The number of carbonyl (C=O) groups is 2. The first-order chi connectivity index (χ1) is 14.4. The van der Waals surface area contributed by atoms with Crippen molar-refractivity contribution in [2.75, 3.05) is 25.0 Å². The molecule has 0 aliphatic rings. The molecule has 0 saturated heterocycles. The number of aryl methyl sites for hydroxylation is 1. The number of carbonyl (C=O) groups excluding carboxylic acids is 2. The molecule has 2 amide bonds. The normalized spacial score (nSPS) is 11.9. The predicted octanol–water partition coefficient (Wildman–Crippen LogP) is 4.66. The molecule has 2 aromatic rings. The fourth-order valence-electron chi connectivity index (χ4n) is 3.53. The quantitative estimate of drug-likeness (QED) is 0.600. The Hall–Kier alpha value is -2.66. The highest BCUT2D eigenvalue weighted by Crippen LogP contribution is 2.22. The molecule has 162 valence electrons. The minimum Gasteiger partial charge on any atom is -0.339 e. The first-order valence-electron chi connectivity index (χ1n) is 10.9. The highest BCUT2D eigenvalue weighted by atomic mass is 16.2. The van der Waals surface area contributed by atoms with Crippen molar-refractivity contribution in [1.82, 2.24) is 10.2 Å². The lowest BCUT2D eigenvalue weighted by atomic mass is 9.95. The third kappa shape index (κ3) is 6.42. The molecule has 5 nitrogen and oxygen atoms in total. The molecule has 1 atom stereocenters. The number of benzene rings is 2. The van der Waals surface area contributed by atoms with Gasteiger partial charge in [0.1, 0.15) is 0 Å². The highest BCUT2D eigenvalue weighted by Gasteiger charge is 2.17. The minimum atomic E-state index is -0.127. The number of nitrogens with one attached hydrogen (secondary N) is 2. The maximum Gasteiger partial charge on any atom is 0.253 e. The lowest BCUT2D eigenvalue weighted by Gasteiger charge is -2.23. The number of hydrogen-bond donors (Lipinski definition) is 2. The lowest BCUT2D eigenvalue weighted by molar-refractivity contribution is -0.115. The fourth-order valence-corrected chi connectivity index (χ4v) is 3.53. The van der Waals surface area contributed by atoms with Crippen LogP contribution < -0.4 is 10.6 Å². The molecule has 5 heteroatoms. The third-order valence-electron chi connectivity index (χ3n) is 5.34. The third-order valence-corrected chi connectivity index (χ3v) is 5.34. The lowest BCUT2D eigenvalue weighted by Crippen LogP contribution is -2.33. The predicted molar refractivity (Wildman–Crippen MR) is 124 cm³/mol. The van der Waals surface area contributed by atoms with Gasteiger partial charge < -0.3 is 15.5 Å². The van der Waals surface area contributed by atoms with E-state index in [0.29, 0.717) is 30.3 Å². The summed E-state index contributed by atoms with van der Waals surface area (Å²) in [6.07, 6.45) is 1.01. The summed E-state index contributed by atoms with van der Waals surface area (Å²) in [7, 11) is 0. The molecule has 0 aliphatic heterocycles. The largest absolute Gasteiger partial charge is 0.339 e. The van der Waals surface area contributed by atoms with Gasteiger partial charge in [-0.1, -0.05) is 51.1 Å². The van der Waals surface area contributed by atoms with Gasteiger partial charge in [0.15, 0.2) is 0 Å². The Bertz CT molecular complexity index is 827. The van der Waals surface area contributed by atoms with Crippen LogP contribution in [0.25, 0.3) is 0 Å². The molecular formula is C25H35N3O2. The maximum atomic E-state index is 12.5. The molecule has 0 aliphatic carbocycles. The second-order valence-electron chi connectivity index (χ2n) is 7.80. The molecule has 2 aromatic carbocycles. The van der Waals surface area contributed by atoms with Crippen LogP contribution in [0.4, 0.5) is 5.69 Å². The number of nitrogens with zero attached hydrogens (tertiary/aromatic N) is 1. The fraction of sp³-hybridized carbons (Fsp3) is 0.440. The molecular weight excluding hydrogens is 374 g/mol. The average molecular weight is 410 g/mol. The van der Waals surface area contributed by atoms with Gasteiger partial charge in [0.05, 0.1) is 6.54 Å². The van der Waals surface area contributed by atoms with Gasteiger partial charge in [0, 0.05) is 30.4 Å². The van der Waals surface area contributed by atoms with Gasteiger partial charge in [-0.2, -0.15) is 0 Å². The number of hydrogen-bond acceptors (Lipinski definition) is 3. The molecule has 0 saturated carbocycles. The smallest absolute Gasteiger partial charge is 0.253 e. The molecule has 0 spiro atoms. The number of rotatable bonds is 10. The summed E-state index contributed by atoms with van der Waals surface area (Å²) in [5.41, 5.74) is 3.70. The zero-order valence-corrected chi connectivity index (χ0v) is 18.9. The standard InChI is InChI=1S/C25H35N3O2/c1-6-19-12-14-20(15-13-19)24(18(4)5)26-17-23(29)27-22-11-9-10-21(16-22)25(30)28(7-2)8-3/h9-16,18,24,26H,6-8,17H2,1-5H3,(H,27,29)/t24-/m1/s1. The van der Waals surface area contributed by atoms with Crippen molar-refractivity contribution in [2.24, 2.45) is 5.92 Å². The van der Waals surface area contributed by atoms with E-state index < -0.39 is 0 Å². The number of amides is 2. The van der Waals surface area contributed by atoms with Crippen LogP contribution >= 0.6 is 0 Å². The molecule has 0 unspecified atom stereocenters. The van der Waals surface area contributed by atoms with Crippen LogP contribution in [-0.4, -0.2) is 36.3 Å². The van der Waals surface area contributed by atoms with E-state index in [9.17, 15) is 9.59 Å². The van der Waals surface area contributed by atoms with Gasteiger partial charge in [0.25, 0.3) is 5.91 Å². The highest BCUT2D eigenvalue weighted by molar-refractivity contribution is 5.97. The first kappa shape index (κ1) is 23.6. The molecule has 30 heavy (non-hydrogen) atoms. The van der Waals surface area contributed by atoms with Crippen LogP contribution in [0, 0.1) is 5.92 Å². The second kappa shape index (κ2) is 11.5. The SMILES string of the molecule is CCc1ccc([C@H](NCC(=O)Nc2cccc(C(=O)N(CC)CC)c2)C(C)C)cc1. The van der Waals surface area contributed by atoms with Crippen molar-refractivity contribution in [3.05, 3.63) is 65.2 Å². The summed E-state index contributed by atoms with van der Waals surface area (Å²) in [5.74, 6) is 0.197. The van der Waals surface area contributed by atoms with Crippen molar-refractivity contribution < 1.29 is 9.59 Å². The van der Waals surface area contributed by atoms with E-state index in [1.165, 1.54) is 11.1 Å². The van der Waals surface area contributed by atoms with Crippen LogP contribution in [0.15, 0.2) is 48.5 Å². The zero-order chi connectivity index (χ0) is 22.1. The average Bonchev–Trinajstić information content (AvgIpc) is 2.75. The van der Waals surface area contributed by atoms with Crippen LogP contribution in [0.2, 0.25) is 0 Å². The van der Waals surface area contributed by atoms with Crippen LogP contribution in [-0.2, 0) is 11.2 Å². The summed E-state index contributed by atoms with van der Waals surface area (Å²) in [6.45, 7) is 11.9. The van der Waals surface area contributed by atoms with Crippen molar-refractivity contribution in [1.29, 1.82) is 0 Å². The minimum absolute atomic E-state index is 0.0235. The van der Waals surface area contributed by atoms with E-state index in [2.05, 4.69) is 55.7 Å². The summed E-state index contributed by atoms with van der Waals surface area (Å²) in [4.78, 5) is 26.8. The molecule has 0 aromatic heterocycles. The Morgan fingerprint density at radius 1 is 0.967 bits per heavy atom. The molecule has 2 rings (SSSR count). The Labute approximate surface area is 180 Å². The first-order valence-corrected chi connectivity index (χ1v) is 10.9. The van der Waals surface area contributed by atoms with Gasteiger partial charge >= 0.3 is 0 Å². The Morgan fingerprint density at radius 3 is 2.20 bits per heavy atom. The van der Waals surface area contributed by atoms with E-state index in [4.69, 9.17) is 0 Å². The monoisotopic (exact) mass is 409 g/mol. The van der Waals surface area contributed by atoms with E-state index in [-0.39, 0.29) is 24.4 Å². The topological polar surface area (TPSA) is 61.4 Å². The van der Waals surface area contributed by atoms with E-state index in [0.717, 1.165) is 6.42 Å². The molecule has 2 N–H and O–H groups in total. The van der Waals surface area contributed by atoms with E-state index >= 15 is 0 Å². The summed E-state index contributed by atoms with van der Waals surface area (Å²) < 4.78 is 0. The van der Waals surface area contributed by atoms with Gasteiger partial charge in [-0.05, 0) is 55.5 Å². The van der Waals surface area contributed by atoms with Gasteiger partial charge in [-0.25, -0.2) is 0 Å². The van der Waals surface area contributed by atoms with Gasteiger partial charge in [0.2, 0.25) is 5.91 Å². The number of anilines is 1. The van der Waals surface area contributed by atoms with Crippen molar-refractivity contribution >= 4 is 17.5 Å². The maximum absolute atomic E-state index is 12.5. The van der Waals surface area contributed by atoms with E-state index in [1.54, 1.807) is 29.2 Å². The summed E-state index contributed by atoms with van der Waals surface area (Å²) in [6, 6.07) is 15.8. The van der Waals surface area contributed by atoms with Crippen LogP contribution in [0.3, 0.4) is 0 Å². The van der Waals surface area contributed by atoms with Crippen LogP contribution in [0.1, 0.15) is 62.1 Å². The molecule has 0 fully saturated rings. The van der Waals surface area contributed by atoms with Gasteiger partial charge in [-0.3, -0.25) is 9.59 Å². The van der Waals surface area contributed by atoms with E-state index in [1.807, 2.05) is 13.8 Å². The second-order valence-corrected chi connectivity index (χ2v) is 7.80. The Kier molecular flexibility index (Phi) is 9.06. The van der Waals surface area contributed by atoms with Crippen molar-refractivity contribution in [2.45, 2.75) is 47.1 Å². The summed E-state index contributed by atoms with van der Waals surface area (Å²) in [5, 5.41) is 6.28. The summed E-state index contributed by atoms with van der Waals surface area (Å²) >= 11 is 0. The zero-order valence-electron chi connectivity index (χ0n) is 18.9. The van der Waals surface area contributed by atoms with Crippen LogP contribution in [0.5, 0.6) is 0 Å². The molecule has 0 radical (unpaired) electrons. The Balaban J connectivity index is 2.00. The molecule has 0 bridgehead atoms. The molecule has 0 heterocycles.